The predicted octanol–water partition coefficient (Wildman–Crippen LogP) is 2.71. The van der Waals surface area contributed by atoms with Gasteiger partial charge >= 0.3 is 0 Å². The summed E-state index contributed by atoms with van der Waals surface area (Å²) < 4.78 is 1.12. The molecule has 0 aromatic heterocycles. The third-order valence-corrected chi connectivity index (χ3v) is 3.52. The lowest BCUT2D eigenvalue weighted by atomic mass is 10.2. The van der Waals surface area contributed by atoms with Crippen molar-refractivity contribution in [1.82, 2.24) is 0 Å². The van der Waals surface area contributed by atoms with Gasteiger partial charge in [-0.2, -0.15) is 11.8 Å². The van der Waals surface area contributed by atoms with E-state index in [-0.39, 0.29) is 0 Å². The molecule has 0 bridgehead atoms. The van der Waals surface area contributed by atoms with Gasteiger partial charge in [-0.15, -0.1) is 0 Å². The van der Waals surface area contributed by atoms with Crippen molar-refractivity contribution in [2.45, 2.75) is 6.54 Å². The van der Waals surface area contributed by atoms with E-state index in [2.05, 4.69) is 52.3 Å². The zero-order chi connectivity index (χ0) is 11.3. The van der Waals surface area contributed by atoms with E-state index < -0.39 is 0 Å². The van der Waals surface area contributed by atoms with Gasteiger partial charge in [0.25, 0.3) is 0 Å². The Bertz CT molecular complexity index is 317. The number of hydrogen-bond acceptors (Lipinski definition) is 3. The molecule has 0 saturated heterocycles. The van der Waals surface area contributed by atoms with E-state index in [0.717, 1.165) is 22.3 Å². The Morgan fingerprint density at radius 1 is 1.47 bits per heavy atom. The van der Waals surface area contributed by atoms with E-state index in [9.17, 15) is 0 Å². The molecule has 0 aliphatic carbocycles. The predicted molar refractivity (Wildman–Crippen MR) is 73.7 cm³/mol. The van der Waals surface area contributed by atoms with Gasteiger partial charge in [-0.05, 0) is 39.9 Å². The molecule has 0 aliphatic rings. The maximum Gasteiger partial charge on any atom is 0.0508 e. The fraction of sp³-hybridized carbons (Fsp3) is 0.455. The van der Waals surface area contributed by atoms with Crippen LogP contribution in [-0.4, -0.2) is 25.6 Å². The Balaban J connectivity index is 2.76. The molecule has 0 saturated carbocycles. The number of nitrogens with zero attached hydrogens (tertiary/aromatic N) is 1. The fourth-order valence-corrected chi connectivity index (χ4v) is 2.52. The average molecular weight is 289 g/mol. The van der Waals surface area contributed by atoms with Crippen LogP contribution in [0.15, 0.2) is 22.7 Å². The minimum Gasteiger partial charge on any atom is -0.373 e. The lowest BCUT2D eigenvalue weighted by Crippen LogP contribution is -2.20. The third-order valence-electron chi connectivity index (χ3n) is 2.29. The zero-order valence-electron chi connectivity index (χ0n) is 9.16. The quantitative estimate of drug-likeness (QED) is 0.903. The topological polar surface area (TPSA) is 29.3 Å². The van der Waals surface area contributed by atoms with Crippen LogP contribution in [0.25, 0.3) is 0 Å². The second kappa shape index (κ2) is 6.40. The first-order valence-electron chi connectivity index (χ1n) is 4.87. The highest BCUT2D eigenvalue weighted by molar-refractivity contribution is 9.10. The lowest BCUT2D eigenvalue weighted by molar-refractivity contribution is 0.970. The SMILES string of the molecule is CSCCN(C)c1ccc(CN)cc1Br. The molecule has 0 unspecified atom stereocenters. The van der Waals surface area contributed by atoms with Crippen molar-refractivity contribution in [3.05, 3.63) is 28.2 Å². The van der Waals surface area contributed by atoms with Gasteiger partial charge in [-0.3, -0.25) is 0 Å². The summed E-state index contributed by atoms with van der Waals surface area (Å²) in [5.74, 6) is 1.14. The minimum absolute atomic E-state index is 0.591. The molecule has 1 rings (SSSR count). The summed E-state index contributed by atoms with van der Waals surface area (Å²) in [5, 5.41) is 0. The first kappa shape index (κ1) is 12.9. The molecule has 2 nitrogen and oxygen atoms in total. The number of thioether (sulfide) groups is 1. The van der Waals surface area contributed by atoms with Crippen molar-refractivity contribution in [3.8, 4) is 0 Å². The number of benzene rings is 1. The maximum atomic E-state index is 5.59. The van der Waals surface area contributed by atoms with E-state index in [1.54, 1.807) is 0 Å². The van der Waals surface area contributed by atoms with Gasteiger partial charge in [0.15, 0.2) is 0 Å². The number of halogens is 1. The Morgan fingerprint density at radius 2 is 2.20 bits per heavy atom. The molecular formula is C11H17BrN2S. The van der Waals surface area contributed by atoms with E-state index in [4.69, 9.17) is 5.73 Å². The number of rotatable bonds is 5. The van der Waals surface area contributed by atoms with Crippen LogP contribution in [0, 0.1) is 0 Å². The minimum atomic E-state index is 0.591. The van der Waals surface area contributed by atoms with Gasteiger partial charge in [0.2, 0.25) is 0 Å². The summed E-state index contributed by atoms with van der Waals surface area (Å²) in [4.78, 5) is 2.25. The molecule has 2 N–H and O–H groups in total. The van der Waals surface area contributed by atoms with Crippen LogP contribution in [0.5, 0.6) is 0 Å². The zero-order valence-corrected chi connectivity index (χ0v) is 11.6. The molecule has 15 heavy (non-hydrogen) atoms. The first-order valence-corrected chi connectivity index (χ1v) is 7.06. The average Bonchev–Trinajstić information content (AvgIpc) is 2.25. The second-order valence-corrected chi connectivity index (χ2v) is 5.24. The number of hydrogen-bond donors (Lipinski definition) is 1. The molecule has 1 aromatic rings. The van der Waals surface area contributed by atoms with E-state index in [1.807, 2.05) is 11.8 Å². The molecular weight excluding hydrogens is 272 g/mol. The summed E-state index contributed by atoms with van der Waals surface area (Å²) in [6.07, 6.45) is 2.13. The van der Waals surface area contributed by atoms with E-state index in [1.165, 1.54) is 5.69 Å². The molecule has 0 amide bonds. The lowest BCUT2D eigenvalue weighted by Gasteiger charge is -2.20. The van der Waals surface area contributed by atoms with Crippen LogP contribution in [-0.2, 0) is 6.54 Å². The van der Waals surface area contributed by atoms with E-state index >= 15 is 0 Å². The van der Waals surface area contributed by atoms with Gasteiger partial charge in [0.05, 0.1) is 5.69 Å². The summed E-state index contributed by atoms with van der Waals surface area (Å²) >= 11 is 5.44. The second-order valence-electron chi connectivity index (χ2n) is 3.40. The first-order chi connectivity index (χ1) is 7.19. The highest BCUT2D eigenvalue weighted by Crippen LogP contribution is 2.26. The van der Waals surface area contributed by atoms with Gasteiger partial charge < -0.3 is 10.6 Å². The molecule has 0 fully saturated rings. The largest absolute Gasteiger partial charge is 0.373 e. The highest BCUT2D eigenvalue weighted by Gasteiger charge is 2.05. The van der Waals surface area contributed by atoms with Crippen LogP contribution >= 0.6 is 27.7 Å². The van der Waals surface area contributed by atoms with Gasteiger partial charge in [0.1, 0.15) is 0 Å². The number of nitrogens with two attached hydrogens (primary N) is 1. The van der Waals surface area contributed by atoms with Gasteiger partial charge in [-0.25, -0.2) is 0 Å². The Morgan fingerprint density at radius 3 is 2.73 bits per heavy atom. The molecule has 0 spiro atoms. The third kappa shape index (κ3) is 3.70. The van der Waals surface area contributed by atoms with Crippen LogP contribution in [0.2, 0.25) is 0 Å². The van der Waals surface area contributed by atoms with Crippen LogP contribution in [0.1, 0.15) is 5.56 Å². The summed E-state index contributed by atoms with van der Waals surface area (Å²) in [6, 6.07) is 6.28. The summed E-state index contributed by atoms with van der Waals surface area (Å²) in [6.45, 7) is 1.65. The molecule has 84 valence electrons. The van der Waals surface area contributed by atoms with Crippen molar-refractivity contribution in [2.24, 2.45) is 5.73 Å². The van der Waals surface area contributed by atoms with Crippen molar-refractivity contribution < 1.29 is 0 Å². The van der Waals surface area contributed by atoms with Crippen molar-refractivity contribution >= 4 is 33.4 Å². The normalized spacial score (nSPS) is 10.4. The Hall–Kier alpha value is -0.190. The molecule has 0 heterocycles. The summed E-state index contributed by atoms with van der Waals surface area (Å²) in [5.41, 5.74) is 7.97. The molecule has 0 aliphatic heterocycles. The van der Waals surface area contributed by atoms with Crippen molar-refractivity contribution in [2.75, 3.05) is 30.5 Å². The fourth-order valence-electron chi connectivity index (χ4n) is 1.34. The molecule has 0 atom stereocenters. The highest BCUT2D eigenvalue weighted by atomic mass is 79.9. The molecule has 0 radical (unpaired) electrons. The van der Waals surface area contributed by atoms with Crippen molar-refractivity contribution in [1.29, 1.82) is 0 Å². The monoisotopic (exact) mass is 288 g/mol. The summed E-state index contributed by atoms with van der Waals surface area (Å²) in [7, 11) is 2.11. The number of anilines is 1. The van der Waals surface area contributed by atoms with Crippen LogP contribution < -0.4 is 10.6 Å². The van der Waals surface area contributed by atoms with Gasteiger partial charge in [0, 0.05) is 30.4 Å². The van der Waals surface area contributed by atoms with Crippen LogP contribution in [0.3, 0.4) is 0 Å². The van der Waals surface area contributed by atoms with E-state index in [0.29, 0.717) is 6.54 Å². The smallest absolute Gasteiger partial charge is 0.0508 e. The molecule has 4 heteroatoms. The molecule has 1 aromatic carbocycles. The Kier molecular flexibility index (Phi) is 5.50. The maximum absolute atomic E-state index is 5.59. The standard InChI is InChI=1S/C11H17BrN2S/c1-14(5-6-15-2)11-4-3-9(8-13)7-10(11)12/h3-4,7H,5-6,8,13H2,1-2H3. The van der Waals surface area contributed by atoms with Gasteiger partial charge in [-0.1, -0.05) is 6.07 Å². The van der Waals surface area contributed by atoms with Crippen LogP contribution in [0.4, 0.5) is 5.69 Å². The Labute approximate surface area is 104 Å². The van der Waals surface area contributed by atoms with Crippen molar-refractivity contribution in [3.63, 3.8) is 0 Å².